The minimum atomic E-state index is 0.567. The Labute approximate surface area is 91.9 Å². The van der Waals surface area contributed by atoms with Crippen LogP contribution in [0.25, 0.3) is 11.0 Å². The largest absolute Gasteiger partial charge is 0.397 e. The second-order valence-corrected chi connectivity index (χ2v) is 3.78. The highest BCUT2D eigenvalue weighted by Gasteiger charge is 2.18. The maximum atomic E-state index is 5.78. The summed E-state index contributed by atoms with van der Waals surface area (Å²) in [6.07, 6.45) is 2.20. The Morgan fingerprint density at radius 3 is 2.88 bits per heavy atom. The lowest BCUT2D eigenvalue weighted by Crippen LogP contribution is -2.30. The van der Waals surface area contributed by atoms with Crippen molar-refractivity contribution in [3.63, 3.8) is 0 Å². The zero-order valence-electron chi connectivity index (χ0n) is 8.72. The van der Waals surface area contributed by atoms with Gasteiger partial charge in [-0.25, -0.2) is 4.63 Å². The molecule has 6 heteroatoms. The molecule has 0 aliphatic carbocycles. The summed E-state index contributed by atoms with van der Waals surface area (Å²) < 4.78 is 4.72. The van der Waals surface area contributed by atoms with Crippen molar-refractivity contribution in [2.75, 3.05) is 23.9 Å². The molecule has 2 heterocycles. The summed E-state index contributed by atoms with van der Waals surface area (Å²) in [6.45, 7) is 1.59. The van der Waals surface area contributed by atoms with Gasteiger partial charge in [-0.15, -0.1) is 0 Å². The normalized spacial score (nSPS) is 16.9. The molecule has 1 saturated heterocycles. The van der Waals surface area contributed by atoms with Gasteiger partial charge >= 0.3 is 0 Å². The van der Waals surface area contributed by atoms with Crippen LogP contribution in [0.1, 0.15) is 12.8 Å². The van der Waals surface area contributed by atoms with Crippen molar-refractivity contribution < 1.29 is 9.47 Å². The van der Waals surface area contributed by atoms with E-state index in [9.17, 15) is 0 Å². The maximum absolute atomic E-state index is 5.78. The van der Waals surface area contributed by atoms with Crippen molar-refractivity contribution in [1.82, 2.24) is 10.3 Å². The van der Waals surface area contributed by atoms with E-state index in [1.54, 1.807) is 6.07 Å². The van der Waals surface area contributed by atoms with Crippen LogP contribution in [0.2, 0.25) is 0 Å². The van der Waals surface area contributed by atoms with Crippen molar-refractivity contribution in [2.24, 2.45) is 0 Å². The fourth-order valence-electron chi connectivity index (χ4n) is 1.86. The Hall–Kier alpha value is -1.82. The number of hydrogen-bond donors (Lipinski definition) is 1. The lowest BCUT2D eigenvalue weighted by Gasteiger charge is -2.27. The molecule has 0 amide bonds. The van der Waals surface area contributed by atoms with Crippen molar-refractivity contribution in [3.05, 3.63) is 12.1 Å². The highest BCUT2D eigenvalue weighted by molar-refractivity contribution is 5.95. The second kappa shape index (κ2) is 3.64. The van der Waals surface area contributed by atoms with Crippen molar-refractivity contribution in [2.45, 2.75) is 12.8 Å². The first-order chi connectivity index (χ1) is 7.86. The summed E-state index contributed by atoms with van der Waals surface area (Å²) in [5.74, 6) is 0. The van der Waals surface area contributed by atoms with Crippen LogP contribution in [-0.2, 0) is 4.84 Å². The molecule has 0 unspecified atom stereocenters. The zero-order valence-corrected chi connectivity index (χ0v) is 8.72. The van der Waals surface area contributed by atoms with Gasteiger partial charge in [0.2, 0.25) is 0 Å². The molecule has 0 radical (unpaired) electrons. The molecule has 2 N–H and O–H groups in total. The summed E-state index contributed by atoms with van der Waals surface area (Å²) in [5, 5.41) is 9.48. The van der Waals surface area contributed by atoms with E-state index in [4.69, 9.17) is 15.2 Å². The Balaban J connectivity index is 2.08. The lowest BCUT2D eigenvalue weighted by molar-refractivity contribution is 0.0782. The van der Waals surface area contributed by atoms with E-state index in [1.807, 2.05) is 11.1 Å². The topological polar surface area (TPSA) is 77.4 Å². The SMILES string of the molecule is Nc1ccc(N2CCCCO2)c2nonc12. The van der Waals surface area contributed by atoms with E-state index in [0.29, 0.717) is 16.7 Å². The number of nitrogen functional groups attached to an aromatic ring is 1. The van der Waals surface area contributed by atoms with Gasteiger partial charge < -0.3 is 5.73 Å². The van der Waals surface area contributed by atoms with Crippen LogP contribution in [0.15, 0.2) is 16.8 Å². The van der Waals surface area contributed by atoms with Gasteiger partial charge in [0.15, 0.2) is 11.0 Å². The van der Waals surface area contributed by atoms with Gasteiger partial charge in [-0.2, -0.15) is 0 Å². The number of hydrogen-bond acceptors (Lipinski definition) is 6. The number of rotatable bonds is 1. The van der Waals surface area contributed by atoms with E-state index in [-0.39, 0.29) is 0 Å². The first-order valence-electron chi connectivity index (χ1n) is 5.27. The van der Waals surface area contributed by atoms with Crippen molar-refractivity contribution in [3.8, 4) is 0 Å². The van der Waals surface area contributed by atoms with E-state index < -0.39 is 0 Å². The van der Waals surface area contributed by atoms with Crippen LogP contribution in [0, 0.1) is 0 Å². The molecular weight excluding hydrogens is 208 g/mol. The zero-order chi connectivity index (χ0) is 11.0. The molecule has 16 heavy (non-hydrogen) atoms. The average Bonchev–Trinajstić information content (AvgIpc) is 2.81. The third-order valence-electron chi connectivity index (χ3n) is 2.70. The van der Waals surface area contributed by atoms with Crippen LogP contribution in [-0.4, -0.2) is 23.5 Å². The number of hydroxylamine groups is 1. The molecule has 3 rings (SSSR count). The molecule has 2 aromatic rings. The predicted octanol–water partition coefficient (Wildman–Crippen LogP) is 1.34. The average molecular weight is 220 g/mol. The first-order valence-corrected chi connectivity index (χ1v) is 5.27. The lowest BCUT2D eigenvalue weighted by atomic mass is 10.2. The van der Waals surface area contributed by atoms with Gasteiger partial charge in [-0.05, 0) is 35.3 Å². The van der Waals surface area contributed by atoms with Gasteiger partial charge in [0, 0.05) is 6.54 Å². The fourth-order valence-corrected chi connectivity index (χ4v) is 1.86. The molecule has 1 aromatic heterocycles. The van der Waals surface area contributed by atoms with E-state index in [0.717, 1.165) is 31.7 Å². The highest BCUT2D eigenvalue weighted by Crippen LogP contribution is 2.29. The number of aromatic nitrogens is 2. The van der Waals surface area contributed by atoms with Gasteiger partial charge in [0.05, 0.1) is 18.0 Å². The number of benzene rings is 1. The fraction of sp³-hybridized carbons (Fsp3) is 0.400. The number of anilines is 2. The monoisotopic (exact) mass is 220 g/mol. The number of nitrogens with two attached hydrogens (primary N) is 1. The van der Waals surface area contributed by atoms with Crippen LogP contribution < -0.4 is 10.8 Å². The maximum Gasteiger partial charge on any atom is 0.162 e. The van der Waals surface area contributed by atoms with E-state index in [2.05, 4.69) is 10.3 Å². The molecule has 1 aliphatic rings. The van der Waals surface area contributed by atoms with Crippen LogP contribution in [0.5, 0.6) is 0 Å². The van der Waals surface area contributed by atoms with Gasteiger partial charge in [0.1, 0.15) is 0 Å². The molecule has 0 saturated carbocycles. The number of fused-ring (bicyclic) bond motifs is 1. The summed E-state index contributed by atoms with van der Waals surface area (Å²) in [5.41, 5.74) is 8.45. The third-order valence-corrected chi connectivity index (χ3v) is 2.70. The Morgan fingerprint density at radius 1 is 1.19 bits per heavy atom. The smallest absolute Gasteiger partial charge is 0.162 e. The van der Waals surface area contributed by atoms with Crippen LogP contribution in [0.4, 0.5) is 11.4 Å². The minimum absolute atomic E-state index is 0.567. The molecule has 0 spiro atoms. The molecule has 6 nitrogen and oxygen atoms in total. The Kier molecular flexibility index (Phi) is 2.14. The van der Waals surface area contributed by atoms with Crippen LogP contribution in [0.3, 0.4) is 0 Å². The van der Waals surface area contributed by atoms with Crippen LogP contribution >= 0.6 is 0 Å². The molecule has 1 fully saturated rings. The highest BCUT2D eigenvalue weighted by atomic mass is 16.7. The summed E-state index contributed by atoms with van der Waals surface area (Å²) in [7, 11) is 0. The third kappa shape index (κ3) is 1.38. The van der Waals surface area contributed by atoms with Gasteiger partial charge in [0.25, 0.3) is 0 Å². The number of nitrogens with zero attached hydrogens (tertiary/aromatic N) is 3. The Bertz CT molecular complexity index is 504. The molecule has 84 valence electrons. The molecule has 1 aromatic carbocycles. The molecule has 0 bridgehead atoms. The first kappa shape index (κ1) is 9.41. The second-order valence-electron chi connectivity index (χ2n) is 3.78. The molecular formula is C10H12N4O2. The van der Waals surface area contributed by atoms with Gasteiger partial charge in [-0.3, -0.25) is 9.90 Å². The van der Waals surface area contributed by atoms with Crippen molar-refractivity contribution in [1.29, 1.82) is 0 Å². The Morgan fingerprint density at radius 2 is 2.06 bits per heavy atom. The molecule has 1 aliphatic heterocycles. The summed E-state index contributed by atoms with van der Waals surface area (Å²) >= 11 is 0. The standard InChI is InChI=1S/C10H12N4O2/c11-7-3-4-8(10-9(7)12-16-13-10)14-5-1-2-6-15-14/h3-4H,1-2,5-6,11H2. The van der Waals surface area contributed by atoms with E-state index >= 15 is 0 Å². The summed E-state index contributed by atoms with van der Waals surface area (Å²) in [4.78, 5) is 5.56. The van der Waals surface area contributed by atoms with Crippen molar-refractivity contribution >= 4 is 22.4 Å². The summed E-state index contributed by atoms with van der Waals surface area (Å²) in [6, 6.07) is 3.67. The van der Waals surface area contributed by atoms with Gasteiger partial charge in [-0.1, -0.05) is 0 Å². The molecule has 0 atom stereocenters. The predicted molar refractivity (Wildman–Crippen MR) is 58.7 cm³/mol. The minimum Gasteiger partial charge on any atom is -0.397 e. The quantitative estimate of drug-likeness (QED) is 0.730. The van der Waals surface area contributed by atoms with E-state index in [1.165, 1.54) is 0 Å².